The first kappa shape index (κ1) is 9.97. The van der Waals surface area contributed by atoms with Crippen molar-refractivity contribution in [3.63, 3.8) is 0 Å². The molecule has 3 nitrogen and oxygen atoms in total. The molecule has 2 fully saturated rings. The van der Waals surface area contributed by atoms with Crippen LogP contribution in [-0.2, 0) is 9.53 Å². The third-order valence-electron chi connectivity index (χ3n) is 3.66. The Balaban J connectivity index is 2.18. The molecule has 0 saturated carbocycles. The zero-order valence-electron chi connectivity index (χ0n) is 9.17. The van der Waals surface area contributed by atoms with E-state index in [-0.39, 0.29) is 23.5 Å². The van der Waals surface area contributed by atoms with Gasteiger partial charge in [-0.3, -0.25) is 4.79 Å². The van der Waals surface area contributed by atoms with E-state index in [0.29, 0.717) is 12.5 Å². The highest BCUT2D eigenvalue weighted by molar-refractivity contribution is 5.79. The fraction of sp³-hybridized carbons (Fsp3) is 0.909. The van der Waals surface area contributed by atoms with E-state index in [4.69, 9.17) is 4.74 Å². The fourth-order valence-electron chi connectivity index (χ4n) is 3.14. The van der Waals surface area contributed by atoms with Crippen LogP contribution in [0.25, 0.3) is 0 Å². The molecule has 0 bridgehead atoms. The van der Waals surface area contributed by atoms with E-state index in [1.165, 1.54) is 0 Å². The number of ether oxygens (including phenoxy) is 1. The van der Waals surface area contributed by atoms with Gasteiger partial charge in [-0.2, -0.15) is 0 Å². The summed E-state index contributed by atoms with van der Waals surface area (Å²) in [5.74, 6) is 0.207. The number of hydrogen-bond donors (Lipinski definition) is 1. The Labute approximate surface area is 85.2 Å². The van der Waals surface area contributed by atoms with Gasteiger partial charge in [0.15, 0.2) is 0 Å². The molecule has 1 amide bonds. The molecule has 2 aliphatic rings. The van der Waals surface area contributed by atoms with Crippen LogP contribution in [0, 0.1) is 5.41 Å². The predicted octanol–water partition coefficient (Wildman–Crippen LogP) is 1.47. The first-order valence-corrected chi connectivity index (χ1v) is 5.47. The summed E-state index contributed by atoms with van der Waals surface area (Å²) >= 11 is 0. The predicted molar refractivity (Wildman–Crippen MR) is 53.9 cm³/mol. The summed E-state index contributed by atoms with van der Waals surface area (Å²) in [6.07, 6.45) is 3.28. The van der Waals surface area contributed by atoms with Gasteiger partial charge in [0.1, 0.15) is 0 Å². The Morgan fingerprint density at radius 1 is 1.29 bits per heavy atom. The molecule has 0 aromatic heterocycles. The molecular formula is C11H19NO2. The van der Waals surface area contributed by atoms with Gasteiger partial charge >= 0.3 is 0 Å². The highest BCUT2D eigenvalue weighted by Crippen LogP contribution is 2.45. The summed E-state index contributed by atoms with van der Waals surface area (Å²) in [6, 6.07) is 0.309. The van der Waals surface area contributed by atoms with Crippen LogP contribution in [0.2, 0.25) is 0 Å². The summed E-state index contributed by atoms with van der Waals surface area (Å²) in [6.45, 7) is 6.33. The van der Waals surface area contributed by atoms with Crippen LogP contribution < -0.4 is 5.32 Å². The Morgan fingerprint density at radius 2 is 1.86 bits per heavy atom. The zero-order valence-corrected chi connectivity index (χ0v) is 9.17. The largest absolute Gasteiger partial charge is 0.376 e. The molecular weight excluding hydrogens is 178 g/mol. The van der Waals surface area contributed by atoms with Gasteiger partial charge in [0.2, 0.25) is 5.91 Å². The number of carbonyl (C=O) groups is 1. The lowest BCUT2D eigenvalue weighted by atomic mass is 9.71. The Bertz CT molecular complexity index is 242. The van der Waals surface area contributed by atoms with Crippen molar-refractivity contribution in [2.45, 2.75) is 58.3 Å². The molecule has 0 aliphatic carbocycles. The van der Waals surface area contributed by atoms with E-state index >= 15 is 0 Å². The quantitative estimate of drug-likeness (QED) is 0.638. The lowest BCUT2D eigenvalue weighted by molar-refractivity contribution is -0.121. The minimum absolute atomic E-state index is 0.161. The monoisotopic (exact) mass is 197 g/mol. The molecule has 3 unspecified atom stereocenters. The average molecular weight is 197 g/mol. The van der Waals surface area contributed by atoms with Crippen LogP contribution in [-0.4, -0.2) is 24.2 Å². The molecule has 3 atom stereocenters. The van der Waals surface area contributed by atoms with Crippen LogP contribution in [0.4, 0.5) is 0 Å². The molecule has 2 aliphatic heterocycles. The normalized spacial score (nSPS) is 48.2. The van der Waals surface area contributed by atoms with E-state index in [1.54, 1.807) is 0 Å². The van der Waals surface area contributed by atoms with Gasteiger partial charge in [0, 0.05) is 17.9 Å². The fourth-order valence-corrected chi connectivity index (χ4v) is 3.14. The molecule has 1 spiro atoms. The molecule has 1 N–H and O–H groups in total. The molecule has 80 valence electrons. The average Bonchev–Trinajstić information content (AvgIpc) is 2.23. The van der Waals surface area contributed by atoms with Gasteiger partial charge < -0.3 is 10.1 Å². The molecule has 2 saturated heterocycles. The Kier molecular flexibility index (Phi) is 2.30. The second kappa shape index (κ2) is 3.23. The van der Waals surface area contributed by atoms with Gasteiger partial charge in [-0.25, -0.2) is 0 Å². The molecule has 3 heteroatoms. The summed E-state index contributed by atoms with van der Waals surface area (Å²) in [5.41, 5.74) is 0.161. The third-order valence-corrected chi connectivity index (χ3v) is 3.66. The van der Waals surface area contributed by atoms with Crippen molar-refractivity contribution in [2.75, 3.05) is 0 Å². The Morgan fingerprint density at radius 3 is 2.29 bits per heavy atom. The highest BCUT2D eigenvalue weighted by atomic mass is 16.5. The highest BCUT2D eigenvalue weighted by Gasteiger charge is 2.48. The number of hydrogen-bond acceptors (Lipinski definition) is 2. The van der Waals surface area contributed by atoms with Gasteiger partial charge in [0.25, 0.3) is 0 Å². The smallest absolute Gasteiger partial charge is 0.220 e. The van der Waals surface area contributed by atoms with Crippen LogP contribution in [0.5, 0.6) is 0 Å². The van der Waals surface area contributed by atoms with E-state index < -0.39 is 0 Å². The maximum Gasteiger partial charge on any atom is 0.220 e. The van der Waals surface area contributed by atoms with E-state index in [2.05, 4.69) is 26.1 Å². The SMILES string of the molecule is CC1CC2(CC(=O)NC2C)CC(C)O1. The Hall–Kier alpha value is -0.570. The van der Waals surface area contributed by atoms with Crippen LogP contribution in [0.15, 0.2) is 0 Å². The zero-order chi connectivity index (χ0) is 10.3. The van der Waals surface area contributed by atoms with Crippen molar-refractivity contribution in [1.82, 2.24) is 5.32 Å². The summed E-state index contributed by atoms with van der Waals surface area (Å²) in [5, 5.41) is 3.02. The van der Waals surface area contributed by atoms with Gasteiger partial charge in [-0.1, -0.05) is 0 Å². The first-order valence-electron chi connectivity index (χ1n) is 5.47. The van der Waals surface area contributed by atoms with Crippen molar-refractivity contribution < 1.29 is 9.53 Å². The first-order chi connectivity index (χ1) is 6.52. The van der Waals surface area contributed by atoms with E-state index in [9.17, 15) is 4.79 Å². The van der Waals surface area contributed by atoms with E-state index in [0.717, 1.165) is 12.8 Å². The number of rotatable bonds is 0. The van der Waals surface area contributed by atoms with E-state index in [1.807, 2.05) is 0 Å². The lowest BCUT2D eigenvalue weighted by Crippen LogP contribution is -2.44. The maximum absolute atomic E-state index is 11.4. The lowest BCUT2D eigenvalue weighted by Gasteiger charge is -2.42. The van der Waals surface area contributed by atoms with Gasteiger partial charge in [0.05, 0.1) is 12.2 Å². The molecule has 2 heterocycles. The molecule has 2 rings (SSSR count). The molecule has 0 radical (unpaired) electrons. The van der Waals surface area contributed by atoms with Crippen molar-refractivity contribution in [3.05, 3.63) is 0 Å². The van der Waals surface area contributed by atoms with Crippen LogP contribution in [0.1, 0.15) is 40.0 Å². The van der Waals surface area contributed by atoms with Crippen molar-refractivity contribution >= 4 is 5.91 Å². The summed E-state index contributed by atoms with van der Waals surface area (Å²) in [7, 11) is 0. The van der Waals surface area contributed by atoms with Crippen LogP contribution in [0.3, 0.4) is 0 Å². The van der Waals surface area contributed by atoms with Gasteiger partial charge in [-0.05, 0) is 33.6 Å². The minimum atomic E-state index is 0.161. The second-order valence-electron chi connectivity index (χ2n) is 4.99. The number of carbonyl (C=O) groups excluding carboxylic acids is 1. The number of nitrogens with one attached hydrogen (secondary N) is 1. The topological polar surface area (TPSA) is 38.3 Å². The molecule has 14 heavy (non-hydrogen) atoms. The molecule has 0 aromatic carbocycles. The standard InChI is InChI=1S/C11H19NO2/c1-7-4-11(5-8(2)14-7)6-10(13)12-9(11)3/h7-9H,4-6H2,1-3H3,(H,12,13). The second-order valence-corrected chi connectivity index (χ2v) is 4.99. The van der Waals surface area contributed by atoms with Gasteiger partial charge in [-0.15, -0.1) is 0 Å². The molecule has 0 aromatic rings. The maximum atomic E-state index is 11.4. The minimum Gasteiger partial charge on any atom is -0.376 e. The summed E-state index contributed by atoms with van der Waals surface area (Å²) < 4.78 is 5.72. The van der Waals surface area contributed by atoms with Crippen LogP contribution >= 0.6 is 0 Å². The summed E-state index contributed by atoms with van der Waals surface area (Å²) in [4.78, 5) is 11.4. The number of amides is 1. The third kappa shape index (κ3) is 1.54. The van der Waals surface area contributed by atoms with Crippen molar-refractivity contribution in [2.24, 2.45) is 5.41 Å². The van der Waals surface area contributed by atoms with Crippen molar-refractivity contribution in [3.8, 4) is 0 Å². The van der Waals surface area contributed by atoms with Crippen molar-refractivity contribution in [1.29, 1.82) is 0 Å².